The van der Waals surface area contributed by atoms with Gasteiger partial charge in [-0.3, -0.25) is 9.59 Å². The fraction of sp³-hybridized carbons (Fsp3) is 0.312. The van der Waals surface area contributed by atoms with Gasteiger partial charge in [-0.05, 0) is 47.7 Å². The number of fused-ring (bicyclic) bond motifs is 1. The number of ether oxygens (including phenoxy) is 1. The molecule has 0 aromatic heterocycles. The number of hydrogen-bond acceptors (Lipinski definition) is 3. The van der Waals surface area contributed by atoms with Gasteiger partial charge < -0.3 is 14.7 Å². The van der Waals surface area contributed by atoms with Crippen LogP contribution < -0.4 is 4.74 Å². The molecular formula is C32H28F3NO4. The van der Waals surface area contributed by atoms with Crippen molar-refractivity contribution in [3.8, 4) is 5.75 Å². The molecule has 206 valence electrons. The molecule has 40 heavy (non-hydrogen) atoms. The third-order valence-corrected chi connectivity index (χ3v) is 9.44. The van der Waals surface area contributed by atoms with E-state index in [1.54, 1.807) is 29.2 Å². The number of nitrogens with zero attached hydrogens (tertiary/aromatic N) is 1. The molecule has 4 aliphatic rings. The van der Waals surface area contributed by atoms with Crippen LogP contribution in [0.1, 0.15) is 46.6 Å². The zero-order valence-electron chi connectivity index (χ0n) is 21.9. The molecule has 1 aliphatic heterocycles. The standard InChI is InChI=1S/C32H28F3NO4/c1-19(22-7-4-6-10-26(22)40-2)28(37)36-17-27-30(20-11-13-21(14-12-20)32(33,34)35)16-15-25(31(27,18-36)29(38)39)23-8-3-5-9-24(23)30/h3-14,25,27H,1,15-18H2,2H3,(H,38,39). The van der Waals surface area contributed by atoms with Gasteiger partial charge in [0.2, 0.25) is 0 Å². The number of carbonyl (C=O) groups excluding carboxylic acids is 1. The number of carboxylic acids is 1. The van der Waals surface area contributed by atoms with Crippen molar-refractivity contribution in [2.75, 3.05) is 20.2 Å². The van der Waals surface area contributed by atoms with E-state index in [1.807, 2.05) is 24.3 Å². The number of likely N-dealkylation sites (tertiary alicyclic amines) is 1. The van der Waals surface area contributed by atoms with Gasteiger partial charge in [-0.2, -0.15) is 13.2 Å². The van der Waals surface area contributed by atoms with Crippen molar-refractivity contribution in [2.24, 2.45) is 11.3 Å². The maximum atomic E-state index is 13.9. The predicted molar refractivity (Wildman–Crippen MR) is 143 cm³/mol. The fourth-order valence-corrected chi connectivity index (χ4v) is 7.77. The van der Waals surface area contributed by atoms with Crippen molar-refractivity contribution >= 4 is 17.4 Å². The quantitative estimate of drug-likeness (QED) is 0.390. The molecule has 5 nitrogen and oxygen atoms in total. The summed E-state index contributed by atoms with van der Waals surface area (Å²) in [6.45, 7) is 4.17. The van der Waals surface area contributed by atoms with Crippen molar-refractivity contribution in [1.29, 1.82) is 0 Å². The van der Waals surface area contributed by atoms with Gasteiger partial charge in [0.15, 0.2) is 0 Å². The number of para-hydroxylation sites is 1. The Labute approximate surface area is 229 Å². The molecule has 0 spiro atoms. The highest BCUT2D eigenvalue weighted by Crippen LogP contribution is 2.69. The molecule has 3 aromatic carbocycles. The number of aliphatic carboxylic acids is 1. The minimum Gasteiger partial charge on any atom is -0.496 e. The molecule has 3 aliphatic carbocycles. The summed E-state index contributed by atoms with van der Waals surface area (Å²) in [5, 5.41) is 10.9. The second-order valence-electron chi connectivity index (χ2n) is 11.0. The fourth-order valence-electron chi connectivity index (χ4n) is 7.77. The molecule has 1 heterocycles. The Morgan fingerprint density at radius 1 is 1.02 bits per heavy atom. The minimum atomic E-state index is -4.49. The lowest BCUT2D eigenvalue weighted by Gasteiger charge is -2.59. The molecule has 8 heteroatoms. The summed E-state index contributed by atoms with van der Waals surface area (Å²) in [4.78, 5) is 28.7. The zero-order chi connectivity index (χ0) is 28.4. The number of alkyl halides is 3. The van der Waals surface area contributed by atoms with E-state index >= 15 is 0 Å². The van der Waals surface area contributed by atoms with Crippen LogP contribution in [0.25, 0.3) is 5.57 Å². The molecule has 2 fully saturated rings. The van der Waals surface area contributed by atoms with Crippen molar-refractivity contribution < 1.29 is 32.6 Å². The molecule has 1 saturated carbocycles. The summed E-state index contributed by atoms with van der Waals surface area (Å²) in [6, 6.07) is 19.8. The number of methoxy groups -OCH3 is 1. The highest BCUT2D eigenvalue weighted by atomic mass is 19.4. The number of carbonyl (C=O) groups is 2. The first-order chi connectivity index (χ1) is 19.1. The number of rotatable bonds is 5. The zero-order valence-corrected chi connectivity index (χ0v) is 21.9. The maximum absolute atomic E-state index is 13.9. The molecule has 1 N–H and O–H groups in total. The summed E-state index contributed by atoms with van der Waals surface area (Å²) in [5.74, 6) is -1.77. The summed E-state index contributed by atoms with van der Waals surface area (Å²) in [7, 11) is 1.50. The molecule has 1 saturated heterocycles. The Morgan fingerprint density at radius 2 is 1.70 bits per heavy atom. The second-order valence-corrected chi connectivity index (χ2v) is 11.0. The molecule has 2 bridgehead atoms. The molecule has 4 unspecified atom stereocenters. The van der Waals surface area contributed by atoms with Crippen LogP contribution in [-0.2, 0) is 21.2 Å². The van der Waals surface area contributed by atoms with Crippen molar-refractivity contribution in [3.63, 3.8) is 0 Å². The van der Waals surface area contributed by atoms with E-state index < -0.39 is 34.5 Å². The van der Waals surface area contributed by atoms with Gasteiger partial charge in [-0.1, -0.05) is 61.2 Å². The number of amides is 1. The van der Waals surface area contributed by atoms with Crippen LogP contribution in [0.5, 0.6) is 5.75 Å². The van der Waals surface area contributed by atoms with Crippen LogP contribution in [0.2, 0.25) is 0 Å². The number of hydrogen-bond donors (Lipinski definition) is 1. The highest BCUT2D eigenvalue weighted by molar-refractivity contribution is 6.19. The molecular weight excluding hydrogens is 519 g/mol. The predicted octanol–water partition coefficient (Wildman–Crippen LogP) is 6.13. The monoisotopic (exact) mass is 547 g/mol. The van der Waals surface area contributed by atoms with E-state index in [1.165, 1.54) is 19.2 Å². The molecule has 3 aromatic rings. The largest absolute Gasteiger partial charge is 0.496 e. The smallest absolute Gasteiger partial charge is 0.416 e. The third kappa shape index (κ3) is 3.47. The first-order valence-corrected chi connectivity index (χ1v) is 13.2. The maximum Gasteiger partial charge on any atom is 0.416 e. The summed E-state index contributed by atoms with van der Waals surface area (Å²) in [5.41, 5.74) is 0.269. The summed E-state index contributed by atoms with van der Waals surface area (Å²) >= 11 is 0. The Morgan fingerprint density at radius 3 is 2.38 bits per heavy atom. The van der Waals surface area contributed by atoms with Gasteiger partial charge in [0, 0.05) is 41.5 Å². The van der Waals surface area contributed by atoms with E-state index in [0.717, 1.165) is 23.3 Å². The molecule has 0 radical (unpaired) electrons. The SMILES string of the molecule is C=C(C(=O)N1CC2C3(c4ccc(C(F)(F)F)cc4)CCC(c4ccccc43)C2(C(=O)O)C1)c1ccccc1OC. The van der Waals surface area contributed by atoms with Crippen LogP contribution >= 0.6 is 0 Å². The normalized spacial score (nSPS) is 26.6. The Kier molecular flexibility index (Phi) is 5.87. The minimum absolute atomic E-state index is 0.0125. The van der Waals surface area contributed by atoms with E-state index in [4.69, 9.17) is 4.74 Å². The van der Waals surface area contributed by atoms with Crippen LogP contribution in [0.3, 0.4) is 0 Å². The van der Waals surface area contributed by atoms with Crippen LogP contribution in [0.15, 0.2) is 79.4 Å². The number of benzene rings is 3. The topological polar surface area (TPSA) is 66.8 Å². The number of halogens is 3. The lowest BCUT2D eigenvalue weighted by Crippen LogP contribution is -2.60. The first-order valence-electron chi connectivity index (χ1n) is 13.2. The van der Waals surface area contributed by atoms with Gasteiger partial charge in [0.25, 0.3) is 5.91 Å². The van der Waals surface area contributed by atoms with E-state index in [9.17, 15) is 27.9 Å². The van der Waals surface area contributed by atoms with E-state index in [-0.39, 0.29) is 30.5 Å². The molecule has 1 amide bonds. The Balaban J connectivity index is 1.49. The van der Waals surface area contributed by atoms with Gasteiger partial charge in [-0.25, -0.2) is 0 Å². The first kappa shape index (κ1) is 26.2. The number of carboxylic acid groups (broad SMARTS) is 1. The second kappa shape index (κ2) is 8.98. The van der Waals surface area contributed by atoms with Crippen molar-refractivity contribution in [1.82, 2.24) is 4.90 Å². The molecule has 4 atom stereocenters. The lowest BCUT2D eigenvalue weighted by molar-refractivity contribution is -0.157. The average Bonchev–Trinajstić information content (AvgIpc) is 3.40. The van der Waals surface area contributed by atoms with E-state index in [0.29, 0.717) is 29.7 Å². The summed E-state index contributed by atoms with van der Waals surface area (Å²) in [6.07, 6.45) is -3.36. The van der Waals surface area contributed by atoms with Gasteiger partial charge in [-0.15, -0.1) is 0 Å². The van der Waals surface area contributed by atoms with Crippen molar-refractivity contribution in [2.45, 2.75) is 30.4 Å². The average molecular weight is 548 g/mol. The Bertz CT molecular complexity index is 1530. The van der Waals surface area contributed by atoms with E-state index in [2.05, 4.69) is 6.58 Å². The van der Waals surface area contributed by atoms with Gasteiger partial charge >= 0.3 is 12.1 Å². The summed E-state index contributed by atoms with van der Waals surface area (Å²) < 4.78 is 45.7. The highest BCUT2D eigenvalue weighted by Gasteiger charge is 2.71. The van der Waals surface area contributed by atoms with Crippen LogP contribution in [-0.4, -0.2) is 42.1 Å². The van der Waals surface area contributed by atoms with Gasteiger partial charge in [0.1, 0.15) is 5.75 Å². The Hall–Kier alpha value is -4.07. The molecule has 7 rings (SSSR count). The third-order valence-electron chi connectivity index (χ3n) is 9.44. The van der Waals surface area contributed by atoms with Crippen molar-refractivity contribution in [3.05, 3.63) is 107 Å². The van der Waals surface area contributed by atoms with Crippen LogP contribution in [0, 0.1) is 11.3 Å². The van der Waals surface area contributed by atoms with Crippen LogP contribution in [0.4, 0.5) is 13.2 Å². The van der Waals surface area contributed by atoms with Gasteiger partial charge in [0.05, 0.1) is 18.1 Å². The lowest BCUT2D eigenvalue weighted by atomic mass is 9.42.